The number of hydrogen-bond donors (Lipinski definition) is 1. The van der Waals surface area contributed by atoms with Crippen molar-refractivity contribution in [2.45, 2.75) is 6.18 Å². The quantitative estimate of drug-likeness (QED) is 0.815. The van der Waals surface area contributed by atoms with Crippen LogP contribution < -0.4 is 0 Å². The van der Waals surface area contributed by atoms with E-state index in [0.717, 1.165) is 22.7 Å². The average Bonchev–Trinajstić information content (AvgIpc) is 2.58. The fourth-order valence-corrected chi connectivity index (χ4v) is 1.39. The van der Waals surface area contributed by atoms with Gasteiger partial charge in [-0.2, -0.15) is 13.2 Å². The van der Waals surface area contributed by atoms with Gasteiger partial charge in [-0.1, -0.05) is 0 Å². The van der Waals surface area contributed by atoms with Gasteiger partial charge < -0.3 is 5.11 Å². The van der Waals surface area contributed by atoms with Crippen molar-refractivity contribution in [2.24, 2.45) is 0 Å². The predicted octanol–water partition coefficient (Wildman–Crippen LogP) is 2.05. The van der Waals surface area contributed by atoms with Gasteiger partial charge in [0.2, 0.25) is 0 Å². The molecule has 16 heavy (non-hydrogen) atoms. The number of aromatic carboxylic acids is 1. The summed E-state index contributed by atoms with van der Waals surface area (Å²) in [6.45, 7) is 0. The Balaban J connectivity index is 2.77. The number of carbonyl (C=O) groups is 1. The maximum absolute atomic E-state index is 12.5. The third-order valence-electron chi connectivity index (χ3n) is 2.06. The Labute approximate surface area is 87.0 Å². The minimum atomic E-state index is -4.55. The van der Waals surface area contributed by atoms with Crippen molar-refractivity contribution in [1.82, 2.24) is 9.38 Å². The molecule has 0 radical (unpaired) electrons. The van der Waals surface area contributed by atoms with E-state index in [1.165, 1.54) is 6.20 Å². The number of nitrogens with zero attached hydrogens (tertiary/aromatic N) is 2. The van der Waals surface area contributed by atoms with Crippen molar-refractivity contribution in [3.63, 3.8) is 0 Å². The lowest BCUT2D eigenvalue weighted by molar-refractivity contribution is -0.136. The highest BCUT2D eigenvalue weighted by Gasteiger charge is 2.34. The summed E-state index contributed by atoms with van der Waals surface area (Å²) in [6.07, 6.45) is -2.43. The SMILES string of the molecule is O=C(O)c1cnc2c(C(F)(F)F)cccn12. The second kappa shape index (κ2) is 3.22. The summed E-state index contributed by atoms with van der Waals surface area (Å²) >= 11 is 0. The second-order valence-corrected chi connectivity index (χ2v) is 3.06. The Morgan fingerprint density at radius 1 is 1.44 bits per heavy atom. The largest absolute Gasteiger partial charge is 0.477 e. The van der Waals surface area contributed by atoms with Gasteiger partial charge in [0.15, 0.2) is 5.69 Å². The van der Waals surface area contributed by atoms with Crippen LogP contribution >= 0.6 is 0 Å². The molecule has 0 unspecified atom stereocenters. The average molecular weight is 230 g/mol. The van der Waals surface area contributed by atoms with Crippen LogP contribution in [0.1, 0.15) is 16.1 Å². The fourth-order valence-electron chi connectivity index (χ4n) is 1.39. The van der Waals surface area contributed by atoms with E-state index >= 15 is 0 Å². The third kappa shape index (κ3) is 1.50. The molecule has 84 valence electrons. The van der Waals surface area contributed by atoms with Crippen LogP contribution in [0, 0.1) is 0 Å². The zero-order chi connectivity index (χ0) is 11.9. The minimum absolute atomic E-state index is 0.305. The number of alkyl halides is 3. The Bertz CT molecular complexity index is 559. The third-order valence-corrected chi connectivity index (χ3v) is 2.06. The predicted molar refractivity (Wildman–Crippen MR) is 47.2 cm³/mol. The van der Waals surface area contributed by atoms with E-state index in [1.54, 1.807) is 0 Å². The van der Waals surface area contributed by atoms with E-state index < -0.39 is 23.4 Å². The summed E-state index contributed by atoms with van der Waals surface area (Å²) in [5, 5.41) is 8.72. The fraction of sp³-hybridized carbons (Fsp3) is 0.111. The molecule has 0 saturated carbocycles. The van der Waals surface area contributed by atoms with E-state index in [0.29, 0.717) is 0 Å². The molecule has 0 aliphatic heterocycles. The van der Waals surface area contributed by atoms with Crippen LogP contribution in [0.4, 0.5) is 13.2 Å². The van der Waals surface area contributed by atoms with E-state index in [4.69, 9.17) is 5.11 Å². The lowest BCUT2D eigenvalue weighted by atomic mass is 10.2. The maximum Gasteiger partial charge on any atom is 0.419 e. The summed E-state index contributed by atoms with van der Waals surface area (Å²) in [5.74, 6) is -1.33. The first-order chi connectivity index (χ1) is 7.41. The summed E-state index contributed by atoms with van der Waals surface area (Å²) < 4.78 is 38.5. The standard InChI is InChI=1S/C9H5F3N2O2/c10-9(11,12)5-2-1-3-14-6(8(15)16)4-13-7(5)14/h1-4H,(H,15,16). The van der Waals surface area contributed by atoms with Crippen LogP contribution in [0.15, 0.2) is 24.5 Å². The smallest absolute Gasteiger partial charge is 0.419 e. The van der Waals surface area contributed by atoms with Crippen LogP contribution in [0.3, 0.4) is 0 Å². The molecule has 0 bridgehead atoms. The van der Waals surface area contributed by atoms with E-state index in [-0.39, 0.29) is 5.69 Å². The summed E-state index contributed by atoms with van der Waals surface area (Å²) in [6, 6.07) is 1.98. The van der Waals surface area contributed by atoms with Crippen LogP contribution in [0.25, 0.3) is 5.65 Å². The Kier molecular flexibility index (Phi) is 2.11. The molecule has 1 N–H and O–H groups in total. The number of pyridine rings is 1. The van der Waals surface area contributed by atoms with Crippen molar-refractivity contribution in [2.75, 3.05) is 0 Å². The summed E-state index contributed by atoms with van der Waals surface area (Å²) in [5.41, 5.74) is -1.67. The number of carboxylic acid groups (broad SMARTS) is 1. The molecule has 0 aliphatic rings. The maximum atomic E-state index is 12.5. The van der Waals surface area contributed by atoms with E-state index in [2.05, 4.69) is 4.98 Å². The Morgan fingerprint density at radius 3 is 2.69 bits per heavy atom. The van der Waals surface area contributed by atoms with Crippen LogP contribution in [0.5, 0.6) is 0 Å². The number of fused-ring (bicyclic) bond motifs is 1. The number of imidazole rings is 1. The van der Waals surface area contributed by atoms with Gasteiger partial charge in [0, 0.05) is 6.20 Å². The van der Waals surface area contributed by atoms with Gasteiger partial charge in [-0.15, -0.1) is 0 Å². The van der Waals surface area contributed by atoms with Gasteiger partial charge in [-0.05, 0) is 12.1 Å². The van der Waals surface area contributed by atoms with Gasteiger partial charge >= 0.3 is 12.1 Å². The van der Waals surface area contributed by atoms with Crippen LogP contribution in [-0.2, 0) is 6.18 Å². The first-order valence-corrected chi connectivity index (χ1v) is 4.18. The molecule has 0 fully saturated rings. The van der Waals surface area contributed by atoms with Crippen molar-refractivity contribution in [3.05, 3.63) is 35.8 Å². The molecule has 0 atom stereocenters. The highest BCUT2D eigenvalue weighted by molar-refractivity contribution is 5.86. The molecule has 0 spiro atoms. The molecular weight excluding hydrogens is 225 g/mol. The topological polar surface area (TPSA) is 54.6 Å². The molecule has 0 saturated heterocycles. The van der Waals surface area contributed by atoms with Crippen LogP contribution in [0.2, 0.25) is 0 Å². The van der Waals surface area contributed by atoms with Crippen molar-refractivity contribution < 1.29 is 23.1 Å². The Hall–Kier alpha value is -2.05. The minimum Gasteiger partial charge on any atom is -0.477 e. The lowest BCUT2D eigenvalue weighted by Crippen LogP contribution is -2.09. The number of halogens is 3. The Morgan fingerprint density at radius 2 is 2.12 bits per heavy atom. The zero-order valence-electron chi connectivity index (χ0n) is 7.69. The molecule has 0 amide bonds. The van der Waals surface area contributed by atoms with Gasteiger partial charge in [0.25, 0.3) is 0 Å². The zero-order valence-corrected chi connectivity index (χ0v) is 7.69. The van der Waals surface area contributed by atoms with E-state index in [9.17, 15) is 18.0 Å². The van der Waals surface area contributed by atoms with Gasteiger partial charge in [-0.3, -0.25) is 4.40 Å². The number of carboxylic acids is 1. The monoisotopic (exact) mass is 230 g/mol. The number of hydrogen-bond acceptors (Lipinski definition) is 2. The van der Waals surface area contributed by atoms with Crippen molar-refractivity contribution >= 4 is 11.6 Å². The molecule has 2 aromatic rings. The molecule has 7 heteroatoms. The summed E-state index contributed by atoms with van der Waals surface area (Å²) in [4.78, 5) is 14.2. The highest BCUT2D eigenvalue weighted by atomic mass is 19.4. The first-order valence-electron chi connectivity index (χ1n) is 4.18. The van der Waals surface area contributed by atoms with Crippen LogP contribution in [-0.4, -0.2) is 20.5 Å². The molecule has 4 nitrogen and oxygen atoms in total. The normalized spacial score (nSPS) is 11.9. The highest BCUT2D eigenvalue weighted by Crippen LogP contribution is 2.31. The van der Waals surface area contributed by atoms with Gasteiger partial charge in [0.05, 0.1) is 11.8 Å². The van der Waals surface area contributed by atoms with E-state index in [1.807, 2.05) is 0 Å². The lowest BCUT2D eigenvalue weighted by Gasteiger charge is -2.07. The second-order valence-electron chi connectivity index (χ2n) is 3.06. The molecule has 2 rings (SSSR count). The van der Waals surface area contributed by atoms with Gasteiger partial charge in [0.1, 0.15) is 5.65 Å². The number of aromatic nitrogens is 2. The summed E-state index contributed by atoms with van der Waals surface area (Å²) in [7, 11) is 0. The molecule has 0 aliphatic carbocycles. The molecule has 0 aromatic carbocycles. The van der Waals surface area contributed by atoms with Crippen molar-refractivity contribution in [3.8, 4) is 0 Å². The number of rotatable bonds is 1. The van der Waals surface area contributed by atoms with Crippen molar-refractivity contribution in [1.29, 1.82) is 0 Å². The van der Waals surface area contributed by atoms with Gasteiger partial charge in [-0.25, -0.2) is 9.78 Å². The molecule has 2 heterocycles. The first kappa shape index (κ1) is 10.5. The molecule has 2 aromatic heterocycles. The molecular formula is C9H5F3N2O2.